The summed E-state index contributed by atoms with van der Waals surface area (Å²) >= 11 is 0. The van der Waals surface area contributed by atoms with Crippen LogP contribution in [0.2, 0.25) is 0 Å². The second kappa shape index (κ2) is 11.8. The fraction of sp³-hybridized carbons (Fsp3) is 0.344. The molecule has 1 aliphatic rings. The molecule has 0 saturated carbocycles. The highest BCUT2D eigenvalue weighted by Gasteiger charge is 2.34. The van der Waals surface area contributed by atoms with Crippen molar-refractivity contribution < 1.29 is 28.6 Å². The Bertz CT molecular complexity index is 1370. The zero-order chi connectivity index (χ0) is 29.0. The topological polar surface area (TPSA) is 94.2 Å². The van der Waals surface area contributed by atoms with E-state index in [2.05, 4.69) is 29.6 Å². The normalized spacial score (nSPS) is 13.1. The molecule has 4 rings (SSSR count). The smallest absolute Gasteiger partial charge is 0.410 e. The Kier molecular flexibility index (Phi) is 8.47. The van der Waals surface area contributed by atoms with E-state index >= 15 is 0 Å². The molecule has 1 aliphatic carbocycles. The van der Waals surface area contributed by atoms with Crippen LogP contribution >= 0.6 is 0 Å². The van der Waals surface area contributed by atoms with E-state index in [1.54, 1.807) is 39.0 Å². The number of nitrogens with one attached hydrogen (secondary N) is 1. The van der Waals surface area contributed by atoms with Crippen LogP contribution in [0.1, 0.15) is 53.7 Å². The van der Waals surface area contributed by atoms with Crippen molar-refractivity contribution in [3.63, 3.8) is 0 Å². The summed E-state index contributed by atoms with van der Waals surface area (Å²) in [4.78, 5) is 40.4. The number of fused-ring (bicyclic) bond motifs is 3. The van der Waals surface area contributed by atoms with Crippen LogP contribution in [-0.4, -0.2) is 62.3 Å². The molecule has 8 heteroatoms. The number of ether oxygens (including phenoxy) is 3. The first-order chi connectivity index (χ1) is 19.0. The van der Waals surface area contributed by atoms with Gasteiger partial charge in [0.1, 0.15) is 24.0 Å². The molecule has 210 valence electrons. The summed E-state index contributed by atoms with van der Waals surface area (Å²) in [7, 11) is 4.54. The molecule has 3 aromatic rings. The molecule has 2 amide bonds. The predicted octanol–water partition coefficient (Wildman–Crippen LogP) is 5.19. The Labute approximate surface area is 235 Å². The fourth-order valence-corrected chi connectivity index (χ4v) is 4.99. The van der Waals surface area contributed by atoms with Crippen molar-refractivity contribution in [1.82, 2.24) is 10.2 Å². The zero-order valence-electron chi connectivity index (χ0n) is 23.8. The molecular formula is C32H36N2O6. The highest BCUT2D eigenvalue weighted by atomic mass is 16.6. The molecule has 1 atom stereocenters. The van der Waals surface area contributed by atoms with Gasteiger partial charge in [-0.15, -0.1) is 0 Å². The fourth-order valence-electron chi connectivity index (χ4n) is 4.99. The van der Waals surface area contributed by atoms with Gasteiger partial charge in [-0.05, 0) is 60.7 Å². The van der Waals surface area contributed by atoms with Gasteiger partial charge < -0.3 is 19.5 Å². The van der Waals surface area contributed by atoms with Gasteiger partial charge in [-0.25, -0.2) is 9.59 Å². The molecule has 0 aromatic heterocycles. The number of benzene rings is 3. The van der Waals surface area contributed by atoms with Crippen LogP contribution in [0.4, 0.5) is 4.79 Å². The minimum absolute atomic E-state index is 0.110. The van der Waals surface area contributed by atoms with Crippen LogP contribution in [0.3, 0.4) is 0 Å². The molecule has 40 heavy (non-hydrogen) atoms. The summed E-state index contributed by atoms with van der Waals surface area (Å²) in [5, 5.41) is 2.59. The van der Waals surface area contributed by atoms with Crippen LogP contribution in [0.5, 0.6) is 5.75 Å². The van der Waals surface area contributed by atoms with Crippen LogP contribution < -0.4 is 10.1 Å². The number of hydrogen-bond donors (Lipinski definition) is 1. The van der Waals surface area contributed by atoms with Gasteiger partial charge in [-0.1, -0.05) is 54.6 Å². The SMILES string of the molecule is CNC(=O)c1cc(CC(C(=O)OC(C)(C)C)N(C)C(=O)OCC2c3ccccc3-c3ccccc32)ccc1OC. The van der Waals surface area contributed by atoms with Gasteiger partial charge in [0.2, 0.25) is 0 Å². The Morgan fingerprint density at radius 2 is 1.55 bits per heavy atom. The monoisotopic (exact) mass is 544 g/mol. The summed E-state index contributed by atoms with van der Waals surface area (Å²) in [5.41, 5.74) is 4.69. The molecular weight excluding hydrogens is 508 g/mol. The summed E-state index contributed by atoms with van der Waals surface area (Å²) in [6, 6.07) is 20.3. The lowest BCUT2D eigenvalue weighted by Crippen LogP contribution is -2.47. The molecule has 3 aromatic carbocycles. The molecule has 0 aliphatic heterocycles. The van der Waals surface area contributed by atoms with Gasteiger partial charge in [0.25, 0.3) is 5.91 Å². The number of hydrogen-bond acceptors (Lipinski definition) is 6. The van der Waals surface area contributed by atoms with Crippen molar-refractivity contribution in [1.29, 1.82) is 0 Å². The maximum absolute atomic E-state index is 13.4. The standard InChI is InChI=1S/C32H36N2O6/c1-32(2,3)40-30(36)27(18-20-15-16-28(38-6)25(17-20)29(35)33-4)34(5)31(37)39-19-26-23-13-9-7-11-21(23)22-12-8-10-14-24(22)26/h7-17,26-27H,18-19H2,1-6H3,(H,33,35). The van der Waals surface area contributed by atoms with E-state index in [0.717, 1.165) is 22.3 Å². The summed E-state index contributed by atoms with van der Waals surface area (Å²) in [6.07, 6.45) is -0.526. The molecule has 0 saturated heterocycles. The van der Waals surface area contributed by atoms with Crippen molar-refractivity contribution in [3.05, 3.63) is 89.0 Å². The lowest BCUT2D eigenvalue weighted by atomic mass is 9.98. The first kappa shape index (κ1) is 28.7. The predicted molar refractivity (Wildman–Crippen MR) is 153 cm³/mol. The number of rotatable bonds is 8. The molecule has 0 radical (unpaired) electrons. The molecule has 1 unspecified atom stereocenters. The number of amides is 2. The first-order valence-corrected chi connectivity index (χ1v) is 13.2. The molecule has 0 bridgehead atoms. The third-order valence-electron chi connectivity index (χ3n) is 6.94. The van der Waals surface area contributed by atoms with E-state index in [0.29, 0.717) is 16.9 Å². The Balaban J connectivity index is 1.56. The van der Waals surface area contributed by atoms with Crippen LogP contribution in [0.25, 0.3) is 11.1 Å². The number of likely N-dealkylation sites (N-methyl/N-ethyl adjacent to an activating group) is 1. The minimum atomic E-state index is -0.985. The van der Waals surface area contributed by atoms with Crippen molar-refractivity contribution in [2.24, 2.45) is 0 Å². The van der Waals surface area contributed by atoms with E-state index in [4.69, 9.17) is 14.2 Å². The van der Waals surface area contributed by atoms with Crippen LogP contribution in [0, 0.1) is 0 Å². The molecule has 0 heterocycles. The largest absolute Gasteiger partial charge is 0.496 e. The van der Waals surface area contributed by atoms with E-state index in [1.165, 1.54) is 26.1 Å². The average molecular weight is 545 g/mol. The van der Waals surface area contributed by atoms with Gasteiger partial charge in [-0.2, -0.15) is 0 Å². The third kappa shape index (κ3) is 6.11. The zero-order valence-corrected chi connectivity index (χ0v) is 23.8. The van der Waals surface area contributed by atoms with Crippen molar-refractivity contribution in [2.75, 3.05) is 27.8 Å². The maximum atomic E-state index is 13.4. The quantitative estimate of drug-likeness (QED) is 0.393. The van der Waals surface area contributed by atoms with Gasteiger partial charge in [-0.3, -0.25) is 9.69 Å². The van der Waals surface area contributed by atoms with E-state index in [-0.39, 0.29) is 24.9 Å². The molecule has 8 nitrogen and oxygen atoms in total. The lowest BCUT2D eigenvalue weighted by molar-refractivity contribution is -0.160. The van der Waals surface area contributed by atoms with Crippen LogP contribution in [-0.2, 0) is 20.7 Å². The summed E-state index contributed by atoms with van der Waals surface area (Å²) < 4.78 is 16.8. The number of methoxy groups -OCH3 is 1. The Morgan fingerprint density at radius 3 is 2.10 bits per heavy atom. The van der Waals surface area contributed by atoms with Crippen molar-refractivity contribution >= 4 is 18.0 Å². The van der Waals surface area contributed by atoms with Gasteiger partial charge in [0.15, 0.2) is 0 Å². The number of nitrogens with zero attached hydrogens (tertiary/aromatic N) is 1. The Hall–Kier alpha value is -4.33. The van der Waals surface area contributed by atoms with E-state index in [1.807, 2.05) is 24.3 Å². The van der Waals surface area contributed by atoms with E-state index in [9.17, 15) is 14.4 Å². The Morgan fingerprint density at radius 1 is 0.950 bits per heavy atom. The minimum Gasteiger partial charge on any atom is -0.496 e. The summed E-state index contributed by atoms with van der Waals surface area (Å²) in [6.45, 7) is 5.44. The van der Waals surface area contributed by atoms with Gasteiger partial charge in [0.05, 0.1) is 12.7 Å². The van der Waals surface area contributed by atoms with Crippen molar-refractivity contribution in [2.45, 2.75) is 44.8 Å². The molecule has 0 fully saturated rings. The van der Waals surface area contributed by atoms with E-state index < -0.39 is 23.7 Å². The second-order valence-electron chi connectivity index (χ2n) is 10.8. The van der Waals surface area contributed by atoms with Gasteiger partial charge in [0, 0.05) is 26.4 Å². The third-order valence-corrected chi connectivity index (χ3v) is 6.94. The summed E-state index contributed by atoms with van der Waals surface area (Å²) in [5.74, 6) is -0.596. The second-order valence-corrected chi connectivity index (χ2v) is 10.8. The molecule has 0 spiro atoms. The number of carbonyl (C=O) groups excluding carboxylic acids is 3. The average Bonchev–Trinajstić information content (AvgIpc) is 3.26. The highest BCUT2D eigenvalue weighted by Crippen LogP contribution is 2.44. The number of esters is 1. The first-order valence-electron chi connectivity index (χ1n) is 13.2. The molecule has 1 N–H and O–H groups in total. The highest BCUT2D eigenvalue weighted by molar-refractivity contribution is 5.97. The maximum Gasteiger partial charge on any atom is 0.410 e. The lowest BCUT2D eigenvalue weighted by Gasteiger charge is -2.30. The van der Waals surface area contributed by atoms with Gasteiger partial charge >= 0.3 is 12.1 Å². The van der Waals surface area contributed by atoms with Crippen molar-refractivity contribution in [3.8, 4) is 16.9 Å². The van der Waals surface area contributed by atoms with Crippen LogP contribution in [0.15, 0.2) is 66.7 Å². The number of carbonyl (C=O) groups is 3.